The fourth-order valence-electron chi connectivity index (χ4n) is 2.16. The molecular formula is C12H19N3O. The van der Waals surface area contributed by atoms with Crippen LogP contribution in [0.4, 0.5) is 0 Å². The SMILES string of the molecule is CNCC1CC(c2ccccc2OC)NN1. The number of nitrogens with one attached hydrogen (secondary N) is 3. The van der Waals surface area contributed by atoms with Crippen molar-refractivity contribution < 1.29 is 4.74 Å². The van der Waals surface area contributed by atoms with E-state index < -0.39 is 0 Å². The molecule has 1 saturated heterocycles. The lowest BCUT2D eigenvalue weighted by Crippen LogP contribution is -2.36. The van der Waals surface area contributed by atoms with Gasteiger partial charge in [0.25, 0.3) is 0 Å². The molecule has 1 aromatic carbocycles. The summed E-state index contributed by atoms with van der Waals surface area (Å²) in [5.41, 5.74) is 7.82. The van der Waals surface area contributed by atoms with Crippen LogP contribution >= 0.6 is 0 Å². The zero-order valence-electron chi connectivity index (χ0n) is 9.79. The number of benzene rings is 1. The summed E-state index contributed by atoms with van der Waals surface area (Å²) in [5.74, 6) is 0.951. The Labute approximate surface area is 96.3 Å². The van der Waals surface area contributed by atoms with Crippen LogP contribution in [0.1, 0.15) is 18.0 Å². The van der Waals surface area contributed by atoms with Gasteiger partial charge in [0, 0.05) is 18.2 Å². The molecule has 1 aromatic rings. The van der Waals surface area contributed by atoms with Crippen molar-refractivity contribution in [3.63, 3.8) is 0 Å². The quantitative estimate of drug-likeness (QED) is 0.704. The van der Waals surface area contributed by atoms with Gasteiger partial charge in [0.1, 0.15) is 5.75 Å². The molecule has 0 bridgehead atoms. The molecule has 0 radical (unpaired) electrons. The molecule has 0 amide bonds. The fourth-order valence-corrected chi connectivity index (χ4v) is 2.16. The maximum Gasteiger partial charge on any atom is 0.123 e. The van der Waals surface area contributed by atoms with Crippen molar-refractivity contribution in [1.29, 1.82) is 0 Å². The Kier molecular flexibility index (Phi) is 3.77. The summed E-state index contributed by atoms with van der Waals surface area (Å²) in [4.78, 5) is 0. The molecule has 1 fully saturated rings. The molecule has 2 atom stereocenters. The van der Waals surface area contributed by atoms with Gasteiger partial charge in [-0.05, 0) is 19.5 Å². The first kappa shape index (κ1) is 11.4. The number of para-hydroxylation sites is 1. The van der Waals surface area contributed by atoms with Gasteiger partial charge in [-0.25, -0.2) is 5.43 Å². The molecular weight excluding hydrogens is 202 g/mol. The molecule has 1 heterocycles. The van der Waals surface area contributed by atoms with E-state index in [0.717, 1.165) is 18.7 Å². The molecule has 0 aromatic heterocycles. The van der Waals surface area contributed by atoms with E-state index in [4.69, 9.17) is 4.74 Å². The molecule has 0 aliphatic carbocycles. The van der Waals surface area contributed by atoms with E-state index in [2.05, 4.69) is 22.2 Å². The smallest absolute Gasteiger partial charge is 0.123 e. The number of rotatable bonds is 4. The first-order chi connectivity index (χ1) is 7.85. The van der Waals surface area contributed by atoms with Crippen LogP contribution in [0.3, 0.4) is 0 Å². The van der Waals surface area contributed by atoms with Gasteiger partial charge < -0.3 is 10.1 Å². The molecule has 0 spiro atoms. The van der Waals surface area contributed by atoms with E-state index in [1.807, 2.05) is 25.2 Å². The monoisotopic (exact) mass is 221 g/mol. The Balaban J connectivity index is 2.08. The fraction of sp³-hybridized carbons (Fsp3) is 0.500. The van der Waals surface area contributed by atoms with Gasteiger partial charge in [-0.1, -0.05) is 18.2 Å². The van der Waals surface area contributed by atoms with E-state index in [1.54, 1.807) is 7.11 Å². The highest BCUT2D eigenvalue weighted by Gasteiger charge is 2.26. The number of ether oxygens (including phenoxy) is 1. The highest BCUT2D eigenvalue weighted by molar-refractivity contribution is 5.36. The summed E-state index contributed by atoms with van der Waals surface area (Å²) in [6.07, 6.45) is 1.07. The highest BCUT2D eigenvalue weighted by atomic mass is 16.5. The lowest BCUT2D eigenvalue weighted by Gasteiger charge is -2.13. The average molecular weight is 221 g/mol. The standard InChI is InChI=1S/C12H19N3O/c1-13-8-9-7-11(15-14-9)10-5-3-4-6-12(10)16-2/h3-6,9,11,13-15H,7-8H2,1-2H3. The number of methoxy groups -OCH3 is 1. The Morgan fingerprint density at radius 2 is 2.19 bits per heavy atom. The summed E-state index contributed by atoms with van der Waals surface area (Å²) in [6, 6.07) is 8.96. The summed E-state index contributed by atoms with van der Waals surface area (Å²) >= 11 is 0. The predicted octanol–water partition coefficient (Wildman–Crippen LogP) is 0.822. The van der Waals surface area contributed by atoms with Crippen molar-refractivity contribution in [2.75, 3.05) is 20.7 Å². The van der Waals surface area contributed by atoms with Crippen molar-refractivity contribution in [2.24, 2.45) is 0 Å². The maximum absolute atomic E-state index is 5.37. The van der Waals surface area contributed by atoms with E-state index in [9.17, 15) is 0 Å². The minimum atomic E-state index is 0.328. The second-order valence-electron chi connectivity index (χ2n) is 4.07. The van der Waals surface area contributed by atoms with Gasteiger partial charge in [-0.2, -0.15) is 0 Å². The van der Waals surface area contributed by atoms with Crippen molar-refractivity contribution in [1.82, 2.24) is 16.2 Å². The second kappa shape index (κ2) is 5.30. The topological polar surface area (TPSA) is 45.3 Å². The zero-order chi connectivity index (χ0) is 11.4. The molecule has 4 nitrogen and oxygen atoms in total. The Morgan fingerprint density at radius 1 is 1.38 bits per heavy atom. The predicted molar refractivity (Wildman–Crippen MR) is 64.3 cm³/mol. The van der Waals surface area contributed by atoms with E-state index in [1.165, 1.54) is 5.56 Å². The Morgan fingerprint density at radius 3 is 2.94 bits per heavy atom. The van der Waals surface area contributed by atoms with Crippen molar-refractivity contribution in [2.45, 2.75) is 18.5 Å². The molecule has 1 aliphatic rings. The molecule has 3 N–H and O–H groups in total. The van der Waals surface area contributed by atoms with Gasteiger partial charge in [0.2, 0.25) is 0 Å². The van der Waals surface area contributed by atoms with Gasteiger partial charge >= 0.3 is 0 Å². The maximum atomic E-state index is 5.37. The van der Waals surface area contributed by atoms with E-state index >= 15 is 0 Å². The summed E-state index contributed by atoms with van der Waals surface area (Å²) in [6.45, 7) is 0.971. The summed E-state index contributed by atoms with van der Waals surface area (Å²) < 4.78 is 5.37. The van der Waals surface area contributed by atoms with Gasteiger partial charge in [0.05, 0.1) is 13.2 Å². The van der Waals surface area contributed by atoms with Gasteiger partial charge in [0.15, 0.2) is 0 Å². The van der Waals surface area contributed by atoms with Crippen LogP contribution in [-0.2, 0) is 0 Å². The van der Waals surface area contributed by atoms with Crippen molar-refractivity contribution in [3.8, 4) is 5.75 Å². The lowest BCUT2D eigenvalue weighted by molar-refractivity contribution is 0.402. The minimum absolute atomic E-state index is 0.328. The second-order valence-corrected chi connectivity index (χ2v) is 4.07. The van der Waals surface area contributed by atoms with Crippen LogP contribution in [-0.4, -0.2) is 26.7 Å². The molecule has 88 valence electrons. The first-order valence-corrected chi connectivity index (χ1v) is 5.63. The van der Waals surface area contributed by atoms with Crippen LogP contribution in [0.5, 0.6) is 5.75 Å². The highest BCUT2D eigenvalue weighted by Crippen LogP contribution is 2.29. The Bertz CT molecular complexity index is 343. The minimum Gasteiger partial charge on any atom is -0.496 e. The third-order valence-corrected chi connectivity index (χ3v) is 2.95. The van der Waals surface area contributed by atoms with Crippen molar-refractivity contribution >= 4 is 0 Å². The van der Waals surface area contributed by atoms with E-state index in [0.29, 0.717) is 12.1 Å². The lowest BCUT2D eigenvalue weighted by atomic mass is 10.0. The molecule has 2 rings (SSSR count). The molecule has 1 aliphatic heterocycles. The van der Waals surface area contributed by atoms with Crippen molar-refractivity contribution in [3.05, 3.63) is 29.8 Å². The van der Waals surface area contributed by atoms with Crippen LogP contribution in [0.15, 0.2) is 24.3 Å². The molecule has 0 saturated carbocycles. The van der Waals surface area contributed by atoms with Gasteiger partial charge in [-0.15, -0.1) is 0 Å². The third-order valence-electron chi connectivity index (χ3n) is 2.95. The average Bonchev–Trinajstić information content (AvgIpc) is 2.78. The van der Waals surface area contributed by atoms with Gasteiger partial charge in [-0.3, -0.25) is 5.43 Å². The summed E-state index contributed by atoms with van der Waals surface area (Å²) in [7, 11) is 3.68. The third kappa shape index (κ3) is 2.35. The van der Waals surface area contributed by atoms with Crippen LogP contribution in [0, 0.1) is 0 Å². The number of likely N-dealkylation sites (N-methyl/N-ethyl adjacent to an activating group) is 1. The molecule has 16 heavy (non-hydrogen) atoms. The number of hydrogen-bond acceptors (Lipinski definition) is 4. The Hall–Kier alpha value is -1.10. The summed E-state index contributed by atoms with van der Waals surface area (Å²) in [5, 5.41) is 3.18. The first-order valence-electron chi connectivity index (χ1n) is 5.63. The van der Waals surface area contributed by atoms with Crippen LogP contribution in [0.2, 0.25) is 0 Å². The number of hydrogen-bond donors (Lipinski definition) is 3. The normalized spacial score (nSPS) is 24.6. The molecule has 2 unspecified atom stereocenters. The van der Waals surface area contributed by atoms with E-state index in [-0.39, 0.29) is 0 Å². The van der Waals surface area contributed by atoms with Crippen LogP contribution in [0.25, 0.3) is 0 Å². The van der Waals surface area contributed by atoms with Crippen LogP contribution < -0.4 is 20.9 Å². The number of hydrazine groups is 1. The largest absolute Gasteiger partial charge is 0.496 e. The zero-order valence-corrected chi connectivity index (χ0v) is 9.79. The molecule has 4 heteroatoms.